The molecule has 1 saturated heterocycles. The molecule has 6 heteroatoms. The van der Waals surface area contributed by atoms with E-state index in [0.717, 1.165) is 18.4 Å². The monoisotopic (exact) mass is 320 g/mol. The van der Waals surface area contributed by atoms with Gasteiger partial charge in [0, 0.05) is 13.1 Å². The molecule has 0 saturated carbocycles. The van der Waals surface area contributed by atoms with Crippen molar-refractivity contribution in [2.24, 2.45) is 0 Å². The number of benzene rings is 1. The first-order valence-electron chi connectivity index (χ1n) is 8.08. The van der Waals surface area contributed by atoms with Crippen molar-refractivity contribution in [3.63, 3.8) is 0 Å². The van der Waals surface area contributed by atoms with E-state index >= 15 is 0 Å². The van der Waals surface area contributed by atoms with Gasteiger partial charge in [0.15, 0.2) is 0 Å². The highest BCUT2D eigenvalue weighted by Crippen LogP contribution is 2.12. The summed E-state index contributed by atoms with van der Waals surface area (Å²) >= 11 is 0. The number of alkyl carbamates (subject to hydrolysis) is 1. The molecular formula is C17H24N2O4. The predicted octanol–water partition coefficient (Wildman–Crippen LogP) is 2.92. The quantitative estimate of drug-likeness (QED) is 0.818. The van der Waals surface area contributed by atoms with Crippen LogP contribution in [0.15, 0.2) is 30.3 Å². The second-order valence-electron chi connectivity index (χ2n) is 5.61. The number of likely N-dealkylation sites (tertiary alicyclic amines) is 1. The highest BCUT2D eigenvalue weighted by atomic mass is 16.6. The molecule has 1 N–H and O–H groups in total. The molecule has 1 aromatic rings. The first-order valence-corrected chi connectivity index (χ1v) is 8.08. The number of rotatable bonds is 6. The van der Waals surface area contributed by atoms with Gasteiger partial charge in [-0.1, -0.05) is 43.7 Å². The van der Waals surface area contributed by atoms with Crippen molar-refractivity contribution in [3.8, 4) is 0 Å². The largest absolute Gasteiger partial charge is 0.450 e. The summed E-state index contributed by atoms with van der Waals surface area (Å²) in [5, 5.41) is 2.79. The molecule has 126 valence electrons. The Kier molecular flexibility index (Phi) is 6.72. The molecule has 1 heterocycles. The molecular weight excluding hydrogens is 296 g/mol. The summed E-state index contributed by atoms with van der Waals surface area (Å²) in [5.41, 5.74) is 0.953. The van der Waals surface area contributed by atoms with Crippen molar-refractivity contribution in [3.05, 3.63) is 35.9 Å². The lowest BCUT2D eigenvalue weighted by Crippen LogP contribution is -2.39. The average Bonchev–Trinajstić information content (AvgIpc) is 3.02. The van der Waals surface area contributed by atoms with Gasteiger partial charge in [-0.25, -0.2) is 9.59 Å². The predicted molar refractivity (Wildman–Crippen MR) is 86.0 cm³/mol. The third kappa shape index (κ3) is 5.81. The highest BCUT2D eigenvalue weighted by Gasteiger charge is 2.28. The van der Waals surface area contributed by atoms with Gasteiger partial charge >= 0.3 is 12.2 Å². The molecule has 6 nitrogen and oxygen atoms in total. The van der Waals surface area contributed by atoms with Gasteiger partial charge in [0.1, 0.15) is 6.61 Å². The van der Waals surface area contributed by atoms with E-state index in [1.807, 2.05) is 37.3 Å². The van der Waals surface area contributed by atoms with Crippen LogP contribution in [0.2, 0.25) is 0 Å². The van der Waals surface area contributed by atoms with Crippen LogP contribution in [0.5, 0.6) is 0 Å². The molecule has 1 aromatic carbocycles. The maximum atomic E-state index is 12.0. The Labute approximate surface area is 136 Å². The number of nitrogens with one attached hydrogen (secondary N) is 1. The number of amides is 2. The Hall–Kier alpha value is -2.24. The van der Waals surface area contributed by atoms with E-state index in [2.05, 4.69) is 5.32 Å². The standard InChI is InChI=1S/C17H24N2O4/c1-2-3-11-22-16(20)18-15-9-10-19(12-15)17(21)23-13-14-7-5-4-6-8-14/h4-8,15H,2-3,9-13H2,1H3,(H,18,20). The number of ether oxygens (including phenoxy) is 2. The van der Waals surface area contributed by atoms with E-state index in [1.54, 1.807) is 4.90 Å². The molecule has 0 aromatic heterocycles. The average molecular weight is 320 g/mol. The maximum Gasteiger partial charge on any atom is 0.410 e. The van der Waals surface area contributed by atoms with Crippen LogP contribution in [0, 0.1) is 0 Å². The minimum Gasteiger partial charge on any atom is -0.450 e. The fourth-order valence-electron chi connectivity index (χ4n) is 2.37. The zero-order valence-electron chi connectivity index (χ0n) is 13.5. The highest BCUT2D eigenvalue weighted by molar-refractivity contribution is 5.70. The Morgan fingerprint density at radius 2 is 2.04 bits per heavy atom. The van der Waals surface area contributed by atoms with E-state index in [0.29, 0.717) is 26.1 Å². The molecule has 0 bridgehead atoms. The fourth-order valence-corrected chi connectivity index (χ4v) is 2.37. The first-order chi connectivity index (χ1) is 11.2. The molecule has 23 heavy (non-hydrogen) atoms. The summed E-state index contributed by atoms with van der Waals surface area (Å²) in [6.45, 7) is 3.76. The third-order valence-corrected chi connectivity index (χ3v) is 3.70. The van der Waals surface area contributed by atoms with Gasteiger partial charge in [0.2, 0.25) is 0 Å². The Bertz CT molecular complexity index is 507. The Morgan fingerprint density at radius 3 is 2.78 bits per heavy atom. The first kappa shape index (κ1) is 17.1. The van der Waals surface area contributed by atoms with E-state index in [4.69, 9.17) is 9.47 Å². The van der Waals surface area contributed by atoms with E-state index < -0.39 is 6.09 Å². The van der Waals surface area contributed by atoms with Gasteiger partial charge in [0.25, 0.3) is 0 Å². The van der Waals surface area contributed by atoms with Crippen LogP contribution in [-0.4, -0.2) is 42.8 Å². The molecule has 1 aliphatic heterocycles. The molecule has 1 atom stereocenters. The van der Waals surface area contributed by atoms with Crippen molar-refractivity contribution < 1.29 is 19.1 Å². The Morgan fingerprint density at radius 1 is 1.26 bits per heavy atom. The molecule has 0 radical (unpaired) electrons. The van der Waals surface area contributed by atoms with E-state index in [-0.39, 0.29) is 18.7 Å². The van der Waals surface area contributed by atoms with Gasteiger partial charge in [-0.15, -0.1) is 0 Å². The minimum absolute atomic E-state index is 0.0756. The van der Waals surface area contributed by atoms with Gasteiger partial charge in [-0.3, -0.25) is 0 Å². The maximum absolute atomic E-state index is 12.0. The van der Waals surface area contributed by atoms with Gasteiger partial charge in [-0.2, -0.15) is 0 Å². The second kappa shape index (κ2) is 9.02. The summed E-state index contributed by atoms with van der Waals surface area (Å²) in [7, 11) is 0. The number of hydrogen-bond donors (Lipinski definition) is 1. The molecule has 0 aliphatic carbocycles. The summed E-state index contributed by atoms with van der Waals surface area (Å²) in [6.07, 6.45) is 1.79. The number of carbonyl (C=O) groups excluding carboxylic acids is 2. The van der Waals surface area contributed by atoms with Crippen LogP contribution in [0.1, 0.15) is 31.7 Å². The Balaban J connectivity index is 1.67. The van der Waals surface area contributed by atoms with Crippen molar-refractivity contribution in [2.45, 2.75) is 38.8 Å². The van der Waals surface area contributed by atoms with Crippen molar-refractivity contribution in [1.29, 1.82) is 0 Å². The van der Waals surface area contributed by atoms with Crippen LogP contribution < -0.4 is 5.32 Å². The van der Waals surface area contributed by atoms with Crippen LogP contribution >= 0.6 is 0 Å². The van der Waals surface area contributed by atoms with Gasteiger partial charge in [-0.05, 0) is 18.4 Å². The molecule has 1 unspecified atom stereocenters. The molecule has 1 aliphatic rings. The third-order valence-electron chi connectivity index (χ3n) is 3.70. The lowest BCUT2D eigenvalue weighted by molar-refractivity contribution is 0.103. The van der Waals surface area contributed by atoms with Crippen molar-refractivity contribution in [2.75, 3.05) is 19.7 Å². The van der Waals surface area contributed by atoms with Crippen LogP contribution in [0.3, 0.4) is 0 Å². The van der Waals surface area contributed by atoms with Crippen molar-refractivity contribution in [1.82, 2.24) is 10.2 Å². The number of carbonyl (C=O) groups is 2. The van der Waals surface area contributed by atoms with Crippen LogP contribution in [-0.2, 0) is 16.1 Å². The number of hydrogen-bond acceptors (Lipinski definition) is 4. The topological polar surface area (TPSA) is 67.9 Å². The number of unbranched alkanes of at least 4 members (excludes halogenated alkanes) is 1. The summed E-state index contributed by atoms with van der Waals surface area (Å²) in [5.74, 6) is 0. The molecule has 0 spiro atoms. The summed E-state index contributed by atoms with van der Waals surface area (Å²) < 4.78 is 10.3. The molecule has 2 rings (SSSR count). The zero-order valence-corrected chi connectivity index (χ0v) is 13.5. The smallest absolute Gasteiger partial charge is 0.410 e. The van der Waals surface area contributed by atoms with E-state index in [1.165, 1.54) is 0 Å². The molecule has 1 fully saturated rings. The second-order valence-corrected chi connectivity index (χ2v) is 5.61. The lowest BCUT2D eigenvalue weighted by atomic mass is 10.2. The van der Waals surface area contributed by atoms with Crippen LogP contribution in [0.25, 0.3) is 0 Å². The SMILES string of the molecule is CCCCOC(=O)NC1CCN(C(=O)OCc2ccccc2)C1. The van der Waals surface area contributed by atoms with Gasteiger partial charge < -0.3 is 19.7 Å². The summed E-state index contributed by atoms with van der Waals surface area (Å²) in [4.78, 5) is 25.2. The van der Waals surface area contributed by atoms with Gasteiger partial charge in [0.05, 0.1) is 12.6 Å². The van der Waals surface area contributed by atoms with E-state index in [9.17, 15) is 9.59 Å². The number of nitrogens with zero attached hydrogens (tertiary/aromatic N) is 1. The zero-order chi connectivity index (χ0) is 16.5. The van der Waals surface area contributed by atoms with Crippen molar-refractivity contribution >= 4 is 12.2 Å². The van der Waals surface area contributed by atoms with Crippen LogP contribution in [0.4, 0.5) is 9.59 Å². The molecule has 2 amide bonds. The minimum atomic E-state index is -0.414. The fraction of sp³-hybridized carbons (Fsp3) is 0.529. The summed E-state index contributed by atoms with van der Waals surface area (Å²) in [6, 6.07) is 9.48. The lowest BCUT2D eigenvalue weighted by Gasteiger charge is -2.17. The normalized spacial score (nSPS) is 16.9.